The van der Waals surface area contributed by atoms with E-state index in [0.29, 0.717) is 0 Å². The number of rotatable bonds is 4. The second kappa shape index (κ2) is 5.16. The van der Waals surface area contributed by atoms with Crippen molar-refractivity contribution in [3.63, 3.8) is 0 Å². The van der Waals surface area contributed by atoms with E-state index in [1.807, 2.05) is 17.6 Å². The zero-order valence-corrected chi connectivity index (χ0v) is 11.1. The second-order valence-electron chi connectivity index (χ2n) is 4.20. The third-order valence-electron chi connectivity index (χ3n) is 2.93. The van der Waals surface area contributed by atoms with Crippen LogP contribution in [0.15, 0.2) is 48.2 Å². The number of nitrogens with one attached hydrogen (secondary N) is 2. The lowest BCUT2D eigenvalue weighted by molar-refractivity contribution is 1.20. The van der Waals surface area contributed by atoms with Gasteiger partial charge >= 0.3 is 0 Å². The Labute approximate surface area is 115 Å². The molecule has 5 heteroatoms. The Kier molecular flexibility index (Phi) is 3.20. The van der Waals surface area contributed by atoms with Crippen LogP contribution in [0.5, 0.6) is 0 Å². The molecule has 0 radical (unpaired) electrons. The molecule has 0 aliphatic carbocycles. The average molecular weight is 270 g/mol. The summed E-state index contributed by atoms with van der Waals surface area (Å²) in [7, 11) is 0. The zero-order valence-electron chi connectivity index (χ0n) is 10.3. The minimum atomic E-state index is 0.757. The van der Waals surface area contributed by atoms with E-state index < -0.39 is 0 Å². The highest BCUT2D eigenvalue weighted by molar-refractivity contribution is 7.10. The quantitative estimate of drug-likeness (QED) is 0.681. The highest BCUT2D eigenvalue weighted by atomic mass is 32.1. The SMILES string of the molecule is Nc1ccsc1CNc1ccc(-c2cnc[nH]2)cc1. The minimum Gasteiger partial charge on any atom is -0.398 e. The lowest BCUT2D eigenvalue weighted by Crippen LogP contribution is -1.99. The Balaban J connectivity index is 1.68. The number of nitrogens with two attached hydrogens (primary N) is 1. The van der Waals surface area contributed by atoms with Crippen LogP contribution in [0.1, 0.15) is 4.88 Å². The lowest BCUT2D eigenvalue weighted by Gasteiger charge is -2.06. The summed E-state index contributed by atoms with van der Waals surface area (Å²) in [6, 6.07) is 10.2. The Morgan fingerprint density at radius 2 is 2.05 bits per heavy atom. The molecule has 19 heavy (non-hydrogen) atoms. The van der Waals surface area contributed by atoms with E-state index in [1.54, 1.807) is 17.7 Å². The number of hydrogen-bond donors (Lipinski definition) is 3. The van der Waals surface area contributed by atoms with Crippen LogP contribution in [-0.4, -0.2) is 9.97 Å². The van der Waals surface area contributed by atoms with Gasteiger partial charge in [0.05, 0.1) is 24.8 Å². The zero-order chi connectivity index (χ0) is 13.1. The molecule has 0 spiro atoms. The first-order chi connectivity index (χ1) is 9.33. The molecule has 2 aromatic heterocycles. The van der Waals surface area contributed by atoms with Gasteiger partial charge in [0.15, 0.2) is 0 Å². The molecular weight excluding hydrogens is 256 g/mol. The molecule has 96 valence electrons. The molecule has 0 atom stereocenters. The van der Waals surface area contributed by atoms with E-state index in [0.717, 1.165) is 34.1 Å². The minimum absolute atomic E-state index is 0.757. The maximum Gasteiger partial charge on any atom is 0.0924 e. The van der Waals surface area contributed by atoms with Crippen LogP contribution in [0.3, 0.4) is 0 Å². The molecule has 0 bridgehead atoms. The molecule has 0 amide bonds. The van der Waals surface area contributed by atoms with Gasteiger partial charge in [0.25, 0.3) is 0 Å². The van der Waals surface area contributed by atoms with Gasteiger partial charge in [-0.05, 0) is 29.1 Å². The van der Waals surface area contributed by atoms with Crippen molar-refractivity contribution in [1.29, 1.82) is 0 Å². The van der Waals surface area contributed by atoms with Crippen molar-refractivity contribution in [2.24, 2.45) is 0 Å². The fraction of sp³-hybridized carbons (Fsp3) is 0.0714. The molecular formula is C14H14N4S. The maximum atomic E-state index is 5.85. The van der Waals surface area contributed by atoms with Crippen molar-refractivity contribution in [3.05, 3.63) is 53.1 Å². The van der Waals surface area contributed by atoms with Crippen LogP contribution in [0, 0.1) is 0 Å². The normalized spacial score (nSPS) is 10.5. The molecule has 0 saturated carbocycles. The number of aromatic nitrogens is 2. The number of hydrogen-bond acceptors (Lipinski definition) is 4. The van der Waals surface area contributed by atoms with Crippen LogP contribution < -0.4 is 11.1 Å². The Hall–Kier alpha value is -2.27. The molecule has 0 aliphatic rings. The van der Waals surface area contributed by atoms with Crippen LogP contribution in [-0.2, 0) is 6.54 Å². The fourth-order valence-corrected chi connectivity index (χ4v) is 2.60. The van der Waals surface area contributed by atoms with E-state index in [2.05, 4.69) is 39.6 Å². The predicted octanol–water partition coefficient (Wildman–Crippen LogP) is 3.33. The lowest BCUT2D eigenvalue weighted by atomic mass is 10.1. The van der Waals surface area contributed by atoms with E-state index in [1.165, 1.54) is 0 Å². The van der Waals surface area contributed by atoms with Crippen molar-refractivity contribution in [3.8, 4) is 11.3 Å². The highest BCUT2D eigenvalue weighted by Crippen LogP contribution is 2.22. The largest absolute Gasteiger partial charge is 0.398 e. The second-order valence-corrected chi connectivity index (χ2v) is 5.20. The summed E-state index contributed by atoms with van der Waals surface area (Å²) in [6.45, 7) is 0.757. The first-order valence-electron chi connectivity index (χ1n) is 5.97. The van der Waals surface area contributed by atoms with Crippen LogP contribution in [0.4, 0.5) is 11.4 Å². The number of thiophene rings is 1. The van der Waals surface area contributed by atoms with Gasteiger partial charge in [0.2, 0.25) is 0 Å². The van der Waals surface area contributed by atoms with Crippen molar-refractivity contribution in [1.82, 2.24) is 9.97 Å². The fourth-order valence-electron chi connectivity index (χ4n) is 1.86. The molecule has 0 saturated heterocycles. The van der Waals surface area contributed by atoms with Gasteiger partial charge in [-0.3, -0.25) is 0 Å². The molecule has 4 nitrogen and oxygen atoms in total. The number of anilines is 2. The number of nitrogens with zero attached hydrogens (tertiary/aromatic N) is 1. The van der Waals surface area contributed by atoms with Crippen molar-refractivity contribution in [2.45, 2.75) is 6.54 Å². The van der Waals surface area contributed by atoms with Crippen molar-refractivity contribution in [2.75, 3.05) is 11.1 Å². The summed E-state index contributed by atoms with van der Waals surface area (Å²) in [4.78, 5) is 8.27. The van der Waals surface area contributed by atoms with Gasteiger partial charge < -0.3 is 16.0 Å². The van der Waals surface area contributed by atoms with E-state index in [4.69, 9.17) is 5.73 Å². The molecule has 2 heterocycles. The average Bonchev–Trinajstić information content (AvgIpc) is 3.09. The molecule has 1 aromatic carbocycles. The maximum absolute atomic E-state index is 5.85. The highest BCUT2D eigenvalue weighted by Gasteiger charge is 2.01. The number of aromatic amines is 1. The molecule has 0 unspecified atom stereocenters. The van der Waals surface area contributed by atoms with Gasteiger partial charge in [-0.25, -0.2) is 4.98 Å². The van der Waals surface area contributed by atoms with Crippen molar-refractivity contribution >= 4 is 22.7 Å². The topological polar surface area (TPSA) is 66.7 Å². The van der Waals surface area contributed by atoms with Gasteiger partial charge in [-0.1, -0.05) is 12.1 Å². The van der Waals surface area contributed by atoms with Crippen LogP contribution in [0.25, 0.3) is 11.3 Å². The summed E-state index contributed by atoms with van der Waals surface area (Å²) in [5.74, 6) is 0. The van der Waals surface area contributed by atoms with Gasteiger partial charge in [-0.2, -0.15) is 0 Å². The smallest absolute Gasteiger partial charge is 0.0924 e. The number of nitrogen functional groups attached to an aromatic ring is 1. The molecule has 0 fully saturated rings. The summed E-state index contributed by atoms with van der Waals surface area (Å²) < 4.78 is 0. The standard InChI is InChI=1S/C14H14N4S/c15-12-5-6-19-14(12)8-17-11-3-1-10(2-4-11)13-7-16-9-18-13/h1-7,9,17H,8,15H2,(H,16,18). The van der Waals surface area contributed by atoms with E-state index >= 15 is 0 Å². The first-order valence-corrected chi connectivity index (χ1v) is 6.85. The number of benzene rings is 1. The predicted molar refractivity (Wildman–Crippen MR) is 80.1 cm³/mol. The molecule has 0 aliphatic heterocycles. The Morgan fingerprint density at radius 3 is 2.68 bits per heavy atom. The third kappa shape index (κ3) is 2.61. The summed E-state index contributed by atoms with van der Waals surface area (Å²) >= 11 is 1.67. The van der Waals surface area contributed by atoms with Crippen molar-refractivity contribution < 1.29 is 0 Å². The van der Waals surface area contributed by atoms with Gasteiger partial charge in [-0.15, -0.1) is 11.3 Å². The van der Waals surface area contributed by atoms with Gasteiger partial charge in [0.1, 0.15) is 0 Å². The van der Waals surface area contributed by atoms with Crippen LogP contribution in [0.2, 0.25) is 0 Å². The van der Waals surface area contributed by atoms with E-state index in [9.17, 15) is 0 Å². The Morgan fingerprint density at radius 1 is 1.21 bits per heavy atom. The molecule has 3 aromatic rings. The number of imidazole rings is 1. The Bertz CT molecular complexity index is 640. The summed E-state index contributed by atoms with van der Waals surface area (Å²) in [6.07, 6.45) is 3.50. The number of H-pyrrole nitrogens is 1. The first kappa shape index (κ1) is 11.8. The van der Waals surface area contributed by atoms with Gasteiger partial charge in [0, 0.05) is 16.3 Å². The molecule has 3 rings (SSSR count). The van der Waals surface area contributed by atoms with E-state index in [-0.39, 0.29) is 0 Å². The molecule has 4 N–H and O–H groups in total. The summed E-state index contributed by atoms with van der Waals surface area (Å²) in [5.41, 5.74) is 9.93. The van der Waals surface area contributed by atoms with Crippen LogP contribution >= 0.6 is 11.3 Å². The monoisotopic (exact) mass is 270 g/mol. The third-order valence-corrected chi connectivity index (χ3v) is 3.86. The summed E-state index contributed by atoms with van der Waals surface area (Å²) in [5, 5.41) is 5.37.